The number of rotatable bonds is 5. The molecule has 0 aliphatic carbocycles. The van der Waals surface area contributed by atoms with Gasteiger partial charge in [-0.2, -0.15) is 4.98 Å². The number of piperazine rings is 1. The normalized spacial score (nSPS) is 15.0. The van der Waals surface area contributed by atoms with Gasteiger partial charge in [-0.25, -0.2) is 4.98 Å². The number of hydrogen-bond donors (Lipinski definition) is 1. The molecule has 1 fully saturated rings. The van der Waals surface area contributed by atoms with E-state index in [0.29, 0.717) is 24.8 Å². The minimum atomic E-state index is -0.00505. The molecule has 1 saturated heterocycles. The molecule has 0 saturated carbocycles. The summed E-state index contributed by atoms with van der Waals surface area (Å²) < 4.78 is 5.20. The SMILES string of the molecule is CCNc1cc(C)nc(N2CCN(C(=O)/C=C/c3ccco3)CC2)n1. The number of aromatic nitrogens is 2. The summed E-state index contributed by atoms with van der Waals surface area (Å²) in [6.45, 7) is 7.55. The fourth-order valence-corrected chi connectivity index (χ4v) is 2.74. The molecule has 3 rings (SSSR count). The number of nitrogens with zero attached hydrogens (tertiary/aromatic N) is 4. The Kier molecular flexibility index (Phi) is 5.33. The van der Waals surface area contributed by atoms with E-state index in [1.807, 2.05) is 30.9 Å². The molecule has 0 spiro atoms. The third-order valence-corrected chi connectivity index (χ3v) is 4.01. The Morgan fingerprint density at radius 1 is 1.32 bits per heavy atom. The second kappa shape index (κ2) is 7.83. The Labute approximate surface area is 147 Å². The number of amides is 1. The van der Waals surface area contributed by atoms with Gasteiger partial charge in [0.1, 0.15) is 11.6 Å². The number of nitrogens with one attached hydrogen (secondary N) is 1. The second-order valence-corrected chi connectivity index (χ2v) is 5.89. The van der Waals surface area contributed by atoms with Gasteiger partial charge in [-0.15, -0.1) is 0 Å². The Balaban J connectivity index is 1.59. The lowest BCUT2D eigenvalue weighted by atomic mass is 10.3. The summed E-state index contributed by atoms with van der Waals surface area (Å²) in [7, 11) is 0. The molecule has 3 heterocycles. The lowest BCUT2D eigenvalue weighted by molar-refractivity contribution is -0.126. The minimum absolute atomic E-state index is 0.00505. The highest BCUT2D eigenvalue weighted by Crippen LogP contribution is 2.16. The van der Waals surface area contributed by atoms with Gasteiger partial charge in [0.15, 0.2) is 0 Å². The van der Waals surface area contributed by atoms with Crippen molar-refractivity contribution in [1.29, 1.82) is 0 Å². The van der Waals surface area contributed by atoms with Gasteiger partial charge in [-0.1, -0.05) is 0 Å². The van der Waals surface area contributed by atoms with Crippen LogP contribution in [-0.4, -0.2) is 53.5 Å². The average molecular weight is 341 g/mol. The smallest absolute Gasteiger partial charge is 0.246 e. The monoisotopic (exact) mass is 341 g/mol. The fraction of sp³-hybridized carbons (Fsp3) is 0.389. The maximum atomic E-state index is 12.3. The van der Waals surface area contributed by atoms with E-state index in [2.05, 4.69) is 20.2 Å². The molecule has 0 atom stereocenters. The fourth-order valence-electron chi connectivity index (χ4n) is 2.74. The van der Waals surface area contributed by atoms with Crippen molar-refractivity contribution in [3.63, 3.8) is 0 Å². The zero-order valence-corrected chi connectivity index (χ0v) is 14.6. The van der Waals surface area contributed by atoms with Crippen LogP contribution in [0.4, 0.5) is 11.8 Å². The van der Waals surface area contributed by atoms with E-state index >= 15 is 0 Å². The molecular weight excluding hydrogens is 318 g/mol. The third kappa shape index (κ3) is 4.37. The summed E-state index contributed by atoms with van der Waals surface area (Å²) in [4.78, 5) is 25.3. The number of aryl methyl sites for hydroxylation is 1. The summed E-state index contributed by atoms with van der Waals surface area (Å²) in [5.74, 6) is 2.23. The molecule has 1 N–H and O–H groups in total. The molecule has 1 aliphatic rings. The van der Waals surface area contributed by atoms with Crippen LogP contribution in [0.3, 0.4) is 0 Å². The average Bonchev–Trinajstić information content (AvgIpc) is 3.13. The first-order chi connectivity index (χ1) is 12.2. The summed E-state index contributed by atoms with van der Waals surface area (Å²) in [5, 5.41) is 3.22. The Hall–Kier alpha value is -2.83. The molecule has 7 heteroatoms. The molecule has 0 radical (unpaired) electrons. The first-order valence-electron chi connectivity index (χ1n) is 8.50. The van der Waals surface area contributed by atoms with Crippen LogP contribution in [0, 0.1) is 6.92 Å². The lowest BCUT2D eigenvalue weighted by Crippen LogP contribution is -2.48. The third-order valence-electron chi connectivity index (χ3n) is 4.01. The summed E-state index contributed by atoms with van der Waals surface area (Å²) in [6.07, 6.45) is 4.84. The zero-order chi connectivity index (χ0) is 17.6. The molecule has 132 valence electrons. The molecule has 2 aromatic rings. The molecule has 0 bridgehead atoms. The summed E-state index contributed by atoms with van der Waals surface area (Å²) in [6, 6.07) is 5.55. The number of anilines is 2. The van der Waals surface area contributed by atoms with Gasteiger partial charge >= 0.3 is 0 Å². The predicted molar refractivity (Wildman–Crippen MR) is 97.5 cm³/mol. The number of carbonyl (C=O) groups excluding carboxylic acids is 1. The number of carbonyl (C=O) groups is 1. The first kappa shape index (κ1) is 17.0. The molecule has 1 aliphatic heterocycles. The molecular formula is C18H23N5O2. The van der Waals surface area contributed by atoms with Gasteiger partial charge in [0, 0.05) is 50.6 Å². The molecule has 0 aromatic carbocycles. The van der Waals surface area contributed by atoms with E-state index in [1.165, 1.54) is 0 Å². The zero-order valence-electron chi connectivity index (χ0n) is 14.6. The lowest BCUT2D eigenvalue weighted by Gasteiger charge is -2.34. The van der Waals surface area contributed by atoms with Gasteiger partial charge < -0.3 is 19.5 Å². The Morgan fingerprint density at radius 2 is 2.12 bits per heavy atom. The first-order valence-corrected chi connectivity index (χ1v) is 8.50. The van der Waals surface area contributed by atoms with Crippen molar-refractivity contribution in [2.24, 2.45) is 0 Å². The van der Waals surface area contributed by atoms with Crippen molar-refractivity contribution in [2.75, 3.05) is 42.9 Å². The van der Waals surface area contributed by atoms with Crippen LogP contribution in [0.25, 0.3) is 6.08 Å². The van der Waals surface area contributed by atoms with Crippen LogP contribution in [0.1, 0.15) is 18.4 Å². The van der Waals surface area contributed by atoms with E-state index in [-0.39, 0.29) is 5.91 Å². The number of furan rings is 1. The highest BCUT2D eigenvalue weighted by atomic mass is 16.3. The van der Waals surface area contributed by atoms with Crippen molar-refractivity contribution >= 4 is 23.7 Å². The largest absolute Gasteiger partial charge is 0.465 e. The number of hydrogen-bond acceptors (Lipinski definition) is 6. The topological polar surface area (TPSA) is 74.5 Å². The van der Waals surface area contributed by atoms with Crippen molar-refractivity contribution in [1.82, 2.24) is 14.9 Å². The van der Waals surface area contributed by atoms with Crippen molar-refractivity contribution in [3.8, 4) is 0 Å². The highest BCUT2D eigenvalue weighted by molar-refractivity contribution is 5.91. The van der Waals surface area contributed by atoms with Crippen molar-refractivity contribution in [2.45, 2.75) is 13.8 Å². The van der Waals surface area contributed by atoms with Gasteiger partial charge in [0.25, 0.3) is 0 Å². The summed E-state index contributed by atoms with van der Waals surface area (Å²) >= 11 is 0. The van der Waals surface area contributed by atoms with E-state index in [9.17, 15) is 4.79 Å². The van der Waals surface area contributed by atoms with Crippen molar-refractivity contribution < 1.29 is 9.21 Å². The maximum absolute atomic E-state index is 12.3. The van der Waals surface area contributed by atoms with Gasteiger partial charge in [0.05, 0.1) is 6.26 Å². The van der Waals surface area contributed by atoms with Crippen LogP contribution in [0.15, 0.2) is 35.0 Å². The van der Waals surface area contributed by atoms with Gasteiger partial charge in [-0.3, -0.25) is 4.79 Å². The van der Waals surface area contributed by atoms with Crippen LogP contribution in [0.5, 0.6) is 0 Å². The quantitative estimate of drug-likeness (QED) is 0.840. The minimum Gasteiger partial charge on any atom is -0.465 e. The maximum Gasteiger partial charge on any atom is 0.246 e. The molecule has 2 aromatic heterocycles. The molecule has 1 amide bonds. The van der Waals surface area contributed by atoms with Crippen LogP contribution in [-0.2, 0) is 4.79 Å². The standard InChI is InChI=1S/C18H23N5O2/c1-3-19-16-13-14(2)20-18(21-16)23-10-8-22(9-11-23)17(24)7-6-15-5-4-12-25-15/h4-7,12-13H,3,8-11H2,1-2H3,(H,19,20,21)/b7-6+. The Bertz CT molecular complexity index is 734. The van der Waals surface area contributed by atoms with Crippen LogP contribution < -0.4 is 10.2 Å². The second-order valence-electron chi connectivity index (χ2n) is 5.89. The molecule has 25 heavy (non-hydrogen) atoms. The van der Waals surface area contributed by atoms with Crippen LogP contribution >= 0.6 is 0 Å². The van der Waals surface area contributed by atoms with Crippen molar-refractivity contribution in [3.05, 3.63) is 42.0 Å². The van der Waals surface area contributed by atoms with E-state index < -0.39 is 0 Å². The van der Waals surface area contributed by atoms with E-state index in [0.717, 1.165) is 31.1 Å². The van der Waals surface area contributed by atoms with E-state index in [4.69, 9.17) is 4.42 Å². The highest BCUT2D eigenvalue weighted by Gasteiger charge is 2.21. The van der Waals surface area contributed by atoms with Gasteiger partial charge in [-0.05, 0) is 32.1 Å². The Morgan fingerprint density at radius 3 is 2.80 bits per heavy atom. The molecule has 7 nitrogen and oxygen atoms in total. The summed E-state index contributed by atoms with van der Waals surface area (Å²) in [5.41, 5.74) is 0.931. The van der Waals surface area contributed by atoms with Gasteiger partial charge in [0.2, 0.25) is 11.9 Å². The van der Waals surface area contributed by atoms with E-state index in [1.54, 1.807) is 24.5 Å². The van der Waals surface area contributed by atoms with Crippen LogP contribution in [0.2, 0.25) is 0 Å². The predicted octanol–water partition coefficient (Wildman–Crippen LogP) is 2.17. The molecule has 0 unspecified atom stereocenters.